The van der Waals surface area contributed by atoms with E-state index in [1.165, 1.54) is 25.3 Å². The second kappa shape index (κ2) is 8.56. The van der Waals surface area contributed by atoms with Gasteiger partial charge in [0, 0.05) is 31.7 Å². The number of hydrogen-bond donors (Lipinski definition) is 0. The van der Waals surface area contributed by atoms with E-state index in [1.807, 2.05) is 0 Å². The van der Waals surface area contributed by atoms with Gasteiger partial charge in [0.15, 0.2) is 11.6 Å². The maximum absolute atomic E-state index is 14.2. The van der Waals surface area contributed by atoms with Crippen LogP contribution in [-0.4, -0.2) is 43.1 Å². The Morgan fingerprint density at radius 3 is 2.12 bits per heavy atom. The molecule has 0 atom stereocenters. The van der Waals surface area contributed by atoms with E-state index in [2.05, 4.69) is 9.80 Å². The summed E-state index contributed by atoms with van der Waals surface area (Å²) in [5, 5.41) is 0. The van der Waals surface area contributed by atoms with Crippen molar-refractivity contribution in [1.29, 1.82) is 0 Å². The highest BCUT2D eigenvalue weighted by Crippen LogP contribution is 2.23. The molecular formula is C20H23F3N2O. The van der Waals surface area contributed by atoms with Gasteiger partial charge >= 0.3 is 0 Å². The third-order valence-electron chi connectivity index (χ3n) is 4.74. The normalized spacial score (nSPS) is 16.5. The molecule has 2 aromatic carbocycles. The Kier molecular flexibility index (Phi) is 6.16. The molecule has 26 heavy (non-hydrogen) atoms. The minimum absolute atomic E-state index is 0.0763. The molecule has 1 saturated heterocycles. The topological polar surface area (TPSA) is 15.7 Å². The highest BCUT2D eigenvalue weighted by atomic mass is 19.2. The van der Waals surface area contributed by atoms with Crippen molar-refractivity contribution in [2.24, 2.45) is 0 Å². The summed E-state index contributed by atoms with van der Waals surface area (Å²) in [5.74, 6) is -2.08. The first-order chi connectivity index (χ1) is 12.6. The zero-order chi connectivity index (χ0) is 18.5. The van der Waals surface area contributed by atoms with E-state index in [0.717, 1.165) is 44.7 Å². The minimum Gasteiger partial charge on any atom is -0.494 e. The quantitative estimate of drug-likeness (QED) is 0.802. The summed E-state index contributed by atoms with van der Waals surface area (Å²) < 4.78 is 45.9. The Balaban J connectivity index is 1.59. The van der Waals surface area contributed by atoms with Gasteiger partial charge in [0.05, 0.1) is 7.11 Å². The van der Waals surface area contributed by atoms with Crippen molar-refractivity contribution in [3.8, 4) is 5.75 Å². The van der Waals surface area contributed by atoms with Gasteiger partial charge < -0.3 is 4.74 Å². The molecule has 0 aromatic heterocycles. The number of ether oxygens (including phenoxy) is 1. The molecule has 1 heterocycles. The number of benzene rings is 2. The Bertz CT molecular complexity index is 737. The Morgan fingerprint density at radius 1 is 0.808 bits per heavy atom. The largest absolute Gasteiger partial charge is 0.494 e. The first-order valence-electron chi connectivity index (χ1n) is 8.77. The van der Waals surface area contributed by atoms with Crippen molar-refractivity contribution in [1.82, 2.24) is 9.80 Å². The van der Waals surface area contributed by atoms with Gasteiger partial charge in [0.25, 0.3) is 0 Å². The second-order valence-corrected chi connectivity index (χ2v) is 6.59. The number of hydrogen-bond acceptors (Lipinski definition) is 3. The highest BCUT2D eigenvalue weighted by molar-refractivity contribution is 5.31. The monoisotopic (exact) mass is 364 g/mol. The molecule has 0 saturated carbocycles. The number of halogens is 3. The van der Waals surface area contributed by atoms with Crippen LogP contribution >= 0.6 is 0 Å². The average molecular weight is 364 g/mol. The molecule has 0 spiro atoms. The third kappa shape index (κ3) is 4.56. The first kappa shape index (κ1) is 18.7. The fourth-order valence-corrected chi connectivity index (χ4v) is 3.28. The van der Waals surface area contributed by atoms with Gasteiger partial charge in [-0.2, -0.15) is 4.39 Å². The minimum atomic E-state index is -0.933. The molecule has 6 heteroatoms. The van der Waals surface area contributed by atoms with Gasteiger partial charge in [-0.15, -0.1) is 0 Å². The molecule has 3 nitrogen and oxygen atoms in total. The van der Waals surface area contributed by atoms with E-state index >= 15 is 0 Å². The van der Waals surface area contributed by atoms with E-state index in [9.17, 15) is 13.2 Å². The smallest absolute Gasteiger partial charge is 0.200 e. The van der Waals surface area contributed by atoms with Crippen LogP contribution in [-0.2, 0) is 13.1 Å². The molecule has 0 unspecified atom stereocenters. The molecule has 1 aliphatic rings. The van der Waals surface area contributed by atoms with E-state index in [4.69, 9.17) is 4.74 Å². The lowest BCUT2D eigenvalue weighted by Gasteiger charge is -2.22. The molecule has 1 aliphatic heterocycles. The summed E-state index contributed by atoms with van der Waals surface area (Å²) in [7, 11) is 1.32. The molecule has 1 fully saturated rings. The molecule has 3 rings (SSSR count). The number of methoxy groups -OCH3 is 1. The Labute approximate surface area is 152 Å². The van der Waals surface area contributed by atoms with Gasteiger partial charge in [-0.25, -0.2) is 8.78 Å². The lowest BCUT2D eigenvalue weighted by molar-refractivity contribution is 0.244. The SMILES string of the molecule is COc1ccc(CN2CCCN(Cc3ccc(F)cc3)CC2)c(F)c1F. The van der Waals surface area contributed by atoms with Crippen molar-refractivity contribution in [2.75, 3.05) is 33.3 Å². The second-order valence-electron chi connectivity index (χ2n) is 6.59. The Hall–Kier alpha value is -2.05. The standard InChI is InChI=1S/C20H23F3N2O/c1-26-18-8-5-16(19(22)20(18)23)14-25-10-2-9-24(11-12-25)13-15-3-6-17(21)7-4-15/h3-8H,2,9-14H2,1H3. The zero-order valence-electron chi connectivity index (χ0n) is 14.9. The maximum atomic E-state index is 14.2. The van der Waals surface area contributed by atoms with Crippen LogP contribution in [0.25, 0.3) is 0 Å². The van der Waals surface area contributed by atoms with Gasteiger partial charge in [-0.3, -0.25) is 9.80 Å². The molecule has 2 aromatic rings. The van der Waals surface area contributed by atoms with Crippen molar-refractivity contribution < 1.29 is 17.9 Å². The van der Waals surface area contributed by atoms with Gasteiger partial charge in [0.2, 0.25) is 5.82 Å². The Morgan fingerprint density at radius 2 is 1.46 bits per heavy atom. The van der Waals surface area contributed by atoms with Crippen molar-refractivity contribution in [2.45, 2.75) is 19.5 Å². The van der Waals surface area contributed by atoms with E-state index in [-0.39, 0.29) is 11.6 Å². The predicted molar refractivity (Wildman–Crippen MR) is 94.5 cm³/mol. The van der Waals surface area contributed by atoms with Crippen LogP contribution in [0.4, 0.5) is 13.2 Å². The first-order valence-corrected chi connectivity index (χ1v) is 8.77. The van der Waals surface area contributed by atoms with Crippen LogP contribution in [0.3, 0.4) is 0 Å². The van der Waals surface area contributed by atoms with Crippen molar-refractivity contribution in [3.63, 3.8) is 0 Å². The zero-order valence-corrected chi connectivity index (χ0v) is 14.9. The molecule has 140 valence electrons. The summed E-state index contributed by atoms with van der Waals surface area (Å²) >= 11 is 0. The molecule has 0 radical (unpaired) electrons. The predicted octanol–water partition coefficient (Wildman–Crippen LogP) is 3.82. The fraction of sp³-hybridized carbons (Fsp3) is 0.400. The fourth-order valence-electron chi connectivity index (χ4n) is 3.28. The van der Waals surface area contributed by atoms with Gasteiger partial charge in [-0.1, -0.05) is 18.2 Å². The van der Waals surface area contributed by atoms with Gasteiger partial charge in [-0.05, 0) is 43.3 Å². The van der Waals surface area contributed by atoms with Crippen LogP contribution in [0.15, 0.2) is 36.4 Å². The molecule has 0 bridgehead atoms. The van der Waals surface area contributed by atoms with E-state index in [1.54, 1.807) is 18.2 Å². The van der Waals surface area contributed by atoms with Crippen LogP contribution in [0.1, 0.15) is 17.5 Å². The molecule has 0 N–H and O–H groups in total. The van der Waals surface area contributed by atoms with Crippen LogP contribution < -0.4 is 4.74 Å². The van der Waals surface area contributed by atoms with Gasteiger partial charge in [0.1, 0.15) is 5.82 Å². The van der Waals surface area contributed by atoms with Crippen molar-refractivity contribution in [3.05, 3.63) is 65.0 Å². The lowest BCUT2D eigenvalue weighted by atomic mass is 10.1. The summed E-state index contributed by atoms with van der Waals surface area (Å²) in [6.45, 7) is 4.49. The van der Waals surface area contributed by atoms with E-state index in [0.29, 0.717) is 12.1 Å². The average Bonchev–Trinajstić information content (AvgIpc) is 2.86. The lowest BCUT2D eigenvalue weighted by Crippen LogP contribution is -2.30. The molecule has 0 aliphatic carbocycles. The van der Waals surface area contributed by atoms with Crippen LogP contribution in [0, 0.1) is 17.5 Å². The number of nitrogens with zero attached hydrogens (tertiary/aromatic N) is 2. The maximum Gasteiger partial charge on any atom is 0.200 e. The number of rotatable bonds is 5. The van der Waals surface area contributed by atoms with Crippen molar-refractivity contribution >= 4 is 0 Å². The van der Waals surface area contributed by atoms with Crippen LogP contribution in [0.2, 0.25) is 0 Å². The molecular weight excluding hydrogens is 341 g/mol. The molecule has 0 amide bonds. The van der Waals surface area contributed by atoms with E-state index < -0.39 is 11.6 Å². The van der Waals surface area contributed by atoms with Crippen LogP contribution in [0.5, 0.6) is 5.75 Å². The summed E-state index contributed by atoms with van der Waals surface area (Å²) in [5.41, 5.74) is 1.42. The highest BCUT2D eigenvalue weighted by Gasteiger charge is 2.19. The summed E-state index contributed by atoms with van der Waals surface area (Å²) in [6, 6.07) is 9.59. The summed E-state index contributed by atoms with van der Waals surface area (Å²) in [6.07, 6.45) is 0.946. The third-order valence-corrected chi connectivity index (χ3v) is 4.74. The summed E-state index contributed by atoms with van der Waals surface area (Å²) in [4.78, 5) is 4.44.